The molecule has 0 bridgehead atoms. The molecule has 1 N–H and O–H groups in total. The summed E-state index contributed by atoms with van der Waals surface area (Å²) in [4.78, 5) is 12.6. The van der Waals surface area contributed by atoms with Gasteiger partial charge in [0.15, 0.2) is 0 Å². The van der Waals surface area contributed by atoms with Gasteiger partial charge in [-0.2, -0.15) is 5.10 Å². The molecule has 0 aromatic heterocycles. The molecule has 1 amide bonds. The first kappa shape index (κ1) is 20.5. The van der Waals surface area contributed by atoms with Gasteiger partial charge in [0.05, 0.1) is 17.7 Å². The van der Waals surface area contributed by atoms with Crippen LogP contribution in [0.5, 0.6) is 0 Å². The molecule has 6 heteroatoms. The van der Waals surface area contributed by atoms with Crippen LogP contribution in [-0.4, -0.2) is 29.7 Å². The lowest BCUT2D eigenvalue weighted by Gasteiger charge is -2.27. The Labute approximate surface area is 186 Å². The van der Waals surface area contributed by atoms with E-state index in [0.717, 1.165) is 16.8 Å². The highest BCUT2D eigenvalue weighted by molar-refractivity contribution is 6.31. The number of benzene rings is 3. The van der Waals surface area contributed by atoms with Crippen LogP contribution in [0.25, 0.3) is 0 Å². The van der Waals surface area contributed by atoms with Crippen molar-refractivity contribution < 1.29 is 4.79 Å². The largest absolute Gasteiger partial charge is 0.324 e. The van der Waals surface area contributed by atoms with Crippen LogP contribution in [-0.2, 0) is 10.2 Å². The summed E-state index contributed by atoms with van der Waals surface area (Å²) in [5.74, 6) is -0.145. The summed E-state index contributed by atoms with van der Waals surface area (Å²) in [6.07, 6.45) is 0. The van der Waals surface area contributed by atoms with E-state index in [1.165, 1.54) is 0 Å². The molecule has 0 saturated heterocycles. The number of halogens is 2. The number of carbonyl (C=O) groups excluding carboxylic acids is 1. The minimum atomic E-state index is -0.356. The third-order valence-electron chi connectivity index (χ3n) is 5.23. The zero-order chi connectivity index (χ0) is 21.1. The van der Waals surface area contributed by atoms with Crippen LogP contribution in [0.2, 0.25) is 10.0 Å². The minimum absolute atomic E-state index is 0.145. The normalized spacial score (nSPS) is 18.2. The van der Waals surface area contributed by atoms with Crippen molar-refractivity contribution in [3.8, 4) is 0 Å². The quantitative estimate of drug-likeness (QED) is 0.563. The molecule has 0 spiro atoms. The van der Waals surface area contributed by atoms with E-state index >= 15 is 0 Å². The molecule has 152 valence electrons. The first-order valence-electron chi connectivity index (χ1n) is 9.65. The van der Waals surface area contributed by atoms with Crippen molar-refractivity contribution in [2.45, 2.75) is 12.3 Å². The number of anilines is 1. The van der Waals surface area contributed by atoms with E-state index in [4.69, 9.17) is 28.3 Å². The number of carbonyl (C=O) groups is 1. The van der Waals surface area contributed by atoms with Gasteiger partial charge in [-0.05, 0) is 48.4 Å². The number of hydrogen-bond donors (Lipinski definition) is 1. The maximum Gasteiger partial charge on any atom is 0.245 e. The first-order valence-corrected chi connectivity index (χ1v) is 10.4. The van der Waals surface area contributed by atoms with Gasteiger partial charge in [-0.3, -0.25) is 9.80 Å². The van der Waals surface area contributed by atoms with Crippen molar-refractivity contribution in [1.29, 1.82) is 0 Å². The predicted octanol–water partition coefficient (Wildman–Crippen LogP) is 5.61. The highest BCUT2D eigenvalue weighted by atomic mass is 35.5. The molecule has 0 aliphatic carbocycles. The third kappa shape index (κ3) is 4.35. The van der Waals surface area contributed by atoms with Gasteiger partial charge in [0, 0.05) is 15.7 Å². The average molecular weight is 438 g/mol. The fourth-order valence-electron chi connectivity index (χ4n) is 3.77. The Kier molecular flexibility index (Phi) is 5.80. The van der Waals surface area contributed by atoms with Crippen molar-refractivity contribution in [1.82, 2.24) is 5.01 Å². The predicted molar refractivity (Wildman–Crippen MR) is 123 cm³/mol. The summed E-state index contributed by atoms with van der Waals surface area (Å²) in [6.45, 7) is 2.90. The summed E-state index contributed by atoms with van der Waals surface area (Å²) in [5, 5.41) is 10.8. The maximum atomic E-state index is 12.6. The topological polar surface area (TPSA) is 44.7 Å². The Morgan fingerprint density at radius 2 is 1.73 bits per heavy atom. The molecule has 4 rings (SSSR count). The smallest absolute Gasteiger partial charge is 0.245 e. The second kappa shape index (κ2) is 8.50. The van der Waals surface area contributed by atoms with Crippen LogP contribution in [0.1, 0.15) is 18.1 Å². The summed E-state index contributed by atoms with van der Waals surface area (Å²) >= 11 is 12.1. The van der Waals surface area contributed by atoms with Gasteiger partial charge in [-0.25, -0.2) is 0 Å². The lowest BCUT2D eigenvalue weighted by molar-refractivity contribution is -0.117. The number of nitrogens with one attached hydrogen (secondary N) is 1. The van der Waals surface area contributed by atoms with E-state index in [1.54, 1.807) is 18.2 Å². The first-order chi connectivity index (χ1) is 14.4. The molecule has 4 nitrogen and oxygen atoms in total. The molecule has 1 aliphatic rings. The fourth-order valence-corrected chi connectivity index (χ4v) is 4.09. The van der Waals surface area contributed by atoms with Gasteiger partial charge in [0.25, 0.3) is 0 Å². The van der Waals surface area contributed by atoms with Crippen LogP contribution in [0, 0.1) is 0 Å². The molecule has 0 fully saturated rings. The van der Waals surface area contributed by atoms with E-state index in [1.807, 2.05) is 53.5 Å². The molecule has 1 heterocycles. The van der Waals surface area contributed by atoms with Crippen molar-refractivity contribution in [2.24, 2.45) is 5.10 Å². The van der Waals surface area contributed by atoms with Crippen molar-refractivity contribution in [3.63, 3.8) is 0 Å². The van der Waals surface area contributed by atoms with E-state index in [9.17, 15) is 4.79 Å². The molecule has 1 atom stereocenters. The molecule has 0 radical (unpaired) electrons. The van der Waals surface area contributed by atoms with Crippen LogP contribution in [0.4, 0.5) is 5.69 Å². The Morgan fingerprint density at radius 1 is 1.00 bits per heavy atom. The van der Waals surface area contributed by atoms with Crippen molar-refractivity contribution in [3.05, 3.63) is 100 Å². The monoisotopic (exact) mass is 437 g/mol. The van der Waals surface area contributed by atoms with Gasteiger partial charge in [-0.1, -0.05) is 71.7 Å². The second-order valence-electron chi connectivity index (χ2n) is 7.53. The summed E-state index contributed by atoms with van der Waals surface area (Å²) in [5.41, 5.74) is 3.37. The lowest BCUT2D eigenvalue weighted by Crippen LogP contribution is -2.38. The zero-order valence-electron chi connectivity index (χ0n) is 16.5. The number of nitrogens with zero attached hydrogens (tertiary/aromatic N) is 2. The van der Waals surface area contributed by atoms with E-state index in [0.29, 0.717) is 22.3 Å². The highest BCUT2D eigenvalue weighted by Crippen LogP contribution is 2.35. The lowest BCUT2D eigenvalue weighted by atomic mass is 9.76. The summed E-state index contributed by atoms with van der Waals surface area (Å²) in [7, 11) is 0. The van der Waals surface area contributed by atoms with Crippen LogP contribution in [0.15, 0.2) is 84.0 Å². The van der Waals surface area contributed by atoms with Crippen LogP contribution < -0.4 is 5.32 Å². The number of hydrogen-bond acceptors (Lipinski definition) is 3. The van der Waals surface area contributed by atoms with Gasteiger partial charge in [0.1, 0.15) is 6.54 Å². The molecule has 0 saturated carbocycles. The van der Waals surface area contributed by atoms with E-state index in [-0.39, 0.29) is 17.9 Å². The number of hydrazone groups is 1. The summed E-state index contributed by atoms with van der Waals surface area (Å²) < 4.78 is 0. The molecule has 1 aliphatic heterocycles. The molecule has 3 aromatic rings. The average Bonchev–Trinajstić information content (AvgIpc) is 3.06. The molecular formula is C24H21Cl2N3O. The third-order valence-corrected chi connectivity index (χ3v) is 5.71. The molecule has 3 aromatic carbocycles. The van der Waals surface area contributed by atoms with Crippen LogP contribution in [0.3, 0.4) is 0 Å². The van der Waals surface area contributed by atoms with E-state index in [2.05, 4.69) is 24.4 Å². The van der Waals surface area contributed by atoms with Gasteiger partial charge < -0.3 is 5.32 Å². The Balaban J connectivity index is 1.60. The van der Waals surface area contributed by atoms with Crippen molar-refractivity contribution >= 4 is 40.5 Å². The molecular weight excluding hydrogens is 417 g/mol. The van der Waals surface area contributed by atoms with Crippen LogP contribution >= 0.6 is 23.2 Å². The van der Waals surface area contributed by atoms with E-state index < -0.39 is 0 Å². The summed E-state index contributed by atoms with van der Waals surface area (Å²) in [6, 6.07) is 25.0. The van der Waals surface area contributed by atoms with Gasteiger partial charge >= 0.3 is 0 Å². The zero-order valence-corrected chi connectivity index (χ0v) is 18.0. The Hall–Kier alpha value is -2.82. The fraction of sp³-hybridized carbons (Fsp3) is 0.167. The standard InChI is InChI=1S/C24H21Cl2N3O/c1-24(18-6-3-2-4-7-18)16-29(28-23(24)17-10-12-19(25)13-11-17)15-22(30)27-21-9-5-8-20(26)14-21/h2-14H,15-16H2,1H3,(H,27,30). The van der Waals surface area contributed by atoms with Gasteiger partial charge in [-0.15, -0.1) is 0 Å². The van der Waals surface area contributed by atoms with Gasteiger partial charge in [0.2, 0.25) is 5.91 Å². The molecule has 30 heavy (non-hydrogen) atoms. The van der Waals surface area contributed by atoms with Crippen molar-refractivity contribution in [2.75, 3.05) is 18.4 Å². The maximum absolute atomic E-state index is 12.6. The second-order valence-corrected chi connectivity index (χ2v) is 8.41. The highest BCUT2D eigenvalue weighted by Gasteiger charge is 2.41. The SMILES string of the molecule is CC1(c2ccccc2)CN(CC(=O)Nc2cccc(Cl)c2)N=C1c1ccc(Cl)cc1. The Morgan fingerprint density at radius 3 is 2.43 bits per heavy atom. The molecule has 1 unspecified atom stereocenters. The number of rotatable bonds is 5. The number of amides is 1. The minimum Gasteiger partial charge on any atom is -0.324 e. The Bertz CT molecular complexity index is 1080.